The summed E-state index contributed by atoms with van der Waals surface area (Å²) in [5, 5.41) is 0. The van der Waals surface area contributed by atoms with Crippen molar-refractivity contribution in [2.75, 3.05) is 31.8 Å². The lowest BCUT2D eigenvalue weighted by Gasteiger charge is -2.16. The second-order valence-electron chi connectivity index (χ2n) is 4.83. The molecule has 0 aliphatic carbocycles. The monoisotopic (exact) mass is 318 g/mol. The van der Waals surface area contributed by atoms with Gasteiger partial charge in [0.1, 0.15) is 0 Å². The molecule has 1 rings (SSSR count). The molecule has 0 unspecified atom stereocenters. The van der Waals surface area contributed by atoms with Crippen LogP contribution in [-0.2, 0) is 16.6 Å². The highest BCUT2D eigenvalue weighted by atomic mass is 35.5. The van der Waals surface area contributed by atoms with Crippen molar-refractivity contribution in [1.82, 2.24) is 9.62 Å². The van der Waals surface area contributed by atoms with E-state index in [0.29, 0.717) is 18.8 Å². The molecule has 0 aliphatic heterocycles. The van der Waals surface area contributed by atoms with Crippen molar-refractivity contribution in [3.8, 4) is 0 Å². The van der Waals surface area contributed by atoms with Crippen molar-refractivity contribution in [1.29, 1.82) is 0 Å². The van der Waals surface area contributed by atoms with Gasteiger partial charge in [0.25, 0.3) is 0 Å². The van der Waals surface area contributed by atoms with Crippen molar-refractivity contribution < 1.29 is 8.42 Å². The van der Waals surface area contributed by atoms with Crippen LogP contribution in [0.1, 0.15) is 18.4 Å². The van der Waals surface area contributed by atoms with Gasteiger partial charge in [-0.15, -0.1) is 11.6 Å². The van der Waals surface area contributed by atoms with Gasteiger partial charge in [-0.25, -0.2) is 13.1 Å². The van der Waals surface area contributed by atoms with Crippen molar-refractivity contribution >= 4 is 21.6 Å². The fourth-order valence-corrected chi connectivity index (χ4v) is 3.28. The van der Waals surface area contributed by atoms with Gasteiger partial charge in [0.2, 0.25) is 10.0 Å². The van der Waals surface area contributed by atoms with E-state index >= 15 is 0 Å². The standard InChI is InChI=1S/C14H23ClN2O2S/c1-17(13-14-7-3-2-4-8-14)11-6-10-16-20(18,19)12-5-9-15/h2-4,7-8,16H,5-6,9-13H2,1H3. The molecule has 0 saturated carbocycles. The maximum absolute atomic E-state index is 11.5. The van der Waals surface area contributed by atoms with E-state index in [9.17, 15) is 8.42 Å². The minimum absolute atomic E-state index is 0.107. The van der Waals surface area contributed by atoms with E-state index in [0.717, 1.165) is 19.5 Å². The van der Waals surface area contributed by atoms with E-state index in [1.165, 1.54) is 5.56 Å². The molecule has 0 radical (unpaired) electrons. The Morgan fingerprint density at radius 3 is 2.55 bits per heavy atom. The predicted molar refractivity (Wildman–Crippen MR) is 84.5 cm³/mol. The molecule has 0 heterocycles. The number of hydrogen-bond acceptors (Lipinski definition) is 3. The molecule has 0 fully saturated rings. The van der Waals surface area contributed by atoms with Crippen LogP contribution >= 0.6 is 11.6 Å². The number of sulfonamides is 1. The van der Waals surface area contributed by atoms with E-state index in [2.05, 4.69) is 21.8 Å². The maximum Gasteiger partial charge on any atom is 0.211 e. The summed E-state index contributed by atoms with van der Waals surface area (Å²) in [6.45, 7) is 2.20. The number of alkyl halides is 1. The zero-order chi connectivity index (χ0) is 14.8. The van der Waals surface area contributed by atoms with Crippen molar-refractivity contribution in [2.45, 2.75) is 19.4 Å². The molecule has 1 aromatic carbocycles. The highest BCUT2D eigenvalue weighted by Crippen LogP contribution is 2.02. The topological polar surface area (TPSA) is 49.4 Å². The average molecular weight is 319 g/mol. The summed E-state index contributed by atoms with van der Waals surface area (Å²) >= 11 is 5.49. The highest BCUT2D eigenvalue weighted by Gasteiger charge is 2.08. The van der Waals surface area contributed by atoms with Crippen molar-refractivity contribution in [3.63, 3.8) is 0 Å². The zero-order valence-corrected chi connectivity index (χ0v) is 13.5. The minimum Gasteiger partial charge on any atom is -0.302 e. The first-order valence-corrected chi connectivity index (χ1v) is 8.98. The van der Waals surface area contributed by atoms with Gasteiger partial charge < -0.3 is 4.90 Å². The molecule has 0 saturated heterocycles. The van der Waals surface area contributed by atoms with Crippen molar-refractivity contribution in [3.05, 3.63) is 35.9 Å². The van der Waals surface area contributed by atoms with Gasteiger partial charge in [-0.3, -0.25) is 0 Å². The number of nitrogens with one attached hydrogen (secondary N) is 1. The molecule has 4 nitrogen and oxygen atoms in total. The molecule has 0 aromatic heterocycles. The van der Waals surface area contributed by atoms with Gasteiger partial charge in [-0.2, -0.15) is 0 Å². The lowest BCUT2D eigenvalue weighted by Crippen LogP contribution is -2.30. The summed E-state index contributed by atoms with van der Waals surface area (Å²) in [6, 6.07) is 10.2. The summed E-state index contributed by atoms with van der Waals surface area (Å²) in [6.07, 6.45) is 1.29. The lowest BCUT2D eigenvalue weighted by molar-refractivity contribution is 0.322. The molecule has 0 spiro atoms. The molecule has 0 amide bonds. The Hall–Kier alpha value is -0.620. The first-order valence-electron chi connectivity index (χ1n) is 6.79. The summed E-state index contributed by atoms with van der Waals surface area (Å²) in [4.78, 5) is 2.18. The molecule has 0 atom stereocenters. The van der Waals surface area contributed by atoms with Gasteiger partial charge in [-0.1, -0.05) is 30.3 Å². The summed E-state index contributed by atoms with van der Waals surface area (Å²) in [5.41, 5.74) is 1.26. The third-order valence-electron chi connectivity index (χ3n) is 2.88. The molecular weight excluding hydrogens is 296 g/mol. The highest BCUT2D eigenvalue weighted by molar-refractivity contribution is 7.89. The largest absolute Gasteiger partial charge is 0.302 e. The normalized spacial score (nSPS) is 11.9. The second-order valence-corrected chi connectivity index (χ2v) is 7.14. The van der Waals surface area contributed by atoms with Crippen LogP contribution in [0.2, 0.25) is 0 Å². The van der Waals surface area contributed by atoms with E-state index in [-0.39, 0.29) is 5.75 Å². The van der Waals surface area contributed by atoms with E-state index in [1.54, 1.807) is 0 Å². The van der Waals surface area contributed by atoms with Gasteiger partial charge in [0.15, 0.2) is 0 Å². The van der Waals surface area contributed by atoms with Gasteiger partial charge >= 0.3 is 0 Å². The Bertz CT molecular complexity index is 465. The van der Waals surface area contributed by atoms with Crippen LogP contribution in [0.25, 0.3) is 0 Å². The van der Waals surface area contributed by atoms with Crippen LogP contribution in [0.5, 0.6) is 0 Å². The van der Waals surface area contributed by atoms with Crippen LogP contribution in [0.15, 0.2) is 30.3 Å². The molecule has 0 bridgehead atoms. The number of benzene rings is 1. The zero-order valence-electron chi connectivity index (χ0n) is 11.9. The quantitative estimate of drug-likeness (QED) is 0.530. The van der Waals surface area contributed by atoms with E-state index in [1.807, 2.05) is 25.2 Å². The maximum atomic E-state index is 11.5. The van der Waals surface area contributed by atoms with Crippen LogP contribution in [0, 0.1) is 0 Å². The Balaban J connectivity index is 2.17. The van der Waals surface area contributed by atoms with Gasteiger partial charge in [0.05, 0.1) is 5.75 Å². The number of rotatable bonds is 10. The van der Waals surface area contributed by atoms with Gasteiger partial charge in [0, 0.05) is 19.0 Å². The lowest BCUT2D eigenvalue weighted by atomic mass is 10.2. The Labute approximate surface area is 127 Å². The third-order valence-corrected chi connectivity index (χ3v) is 4.62. The SMILES string of the molecule is CN(CCCNS(=O)(=O)CCCCl)Cc1ccccc1. The predicted octanol–water partition coefficient (Wildman–Crippen LogP) is 2.06. The molecular formula is C14H23ClN2O2S. The average Bonchev–Trinajstić information content (AvgIpc) is 2.43. The second kappa shape index (κ2) is 9.34. The van der Waals surface area contributed by atoms with Crippen LogP contribution in [0.3, 0.4) is 0 Å². The molecule has 6 heteroatoms. The van der Waals surface area contributed by atoms with Crippen LogP contribution in [-0.4, -0.2) is 45.1 Å². The molecule has 1 aromatic rings. The fourth-order valence-electron chi connectivity index (χ4n) is 1.87. The number of halogens is 1. The molecule has 114 valence electrons. The molecule has 0 aliphatic rings. The Kier molecular flexibility index (Phi) is 8.14. The summed E-state index contributed by atoms with van der Waals surface area (Å²) in [7, 11) is -1.12. The van der Waals surface area contributed by atoms with Crippen LogP contribution in [0.4, 0.5) is 0 Å². The van der Waals surface area contributed by atoms with Crippen LogP contribution < -0.4 is 4.72 Å². The smallest absolute Gasteiger partial charge is 0.211 e. The first kappa shape index (κ1) is 17.4. The Morgan fingerprint density at radius 1 is 1.20 bits per heavy atom. The van der Waals surface area contributed by atoms with E-state index < -0.39 is 10.0 Å². The van der Waals surface area contributed by atoms with Gasteiger partial charge in [-0.05, 0) is 32.0 Å². The molecule has 1 N–H and O–H groups in total. The number of hydrogen-bond donors (Lipinski definition) is 1. The third kappa shape index (κ3) is 7.85. The molecule has 20 heavy (non-hydrogen) atoms. The minimum atomic E-state index is -3.15. The number of nitrogens with zero attached hydrogens (tertiary/aromatic N) is 1. The summed E-state index contributed by atoms with van der Waals surface area (Å²) < 4.78 is 25.7. The van der Waals surface area contributed by atoms with E-state index in [4.69, 9.17) is 11.6 Å². The van der Waals surface area contributed by atoms with Crippen molar-refractivity contribution in [2.24, 2.45) is 0 Å². The Morgan fingerprint density at radius 2 is 1.90 bits per heavy atom. The summed E-state index contributed by atoms with van der Waals surface area (Å²) in [5.74, 6) is 0.483. The first-order chi connectivity index (χ1) is 9.53. The fraction of sp³-hybridized carbons (Fsp3) is 0.571.